The first-order valence-electron chi connectivity index (χ1n) is 12.8. The molecule has 33 heavy (non-hydrogen) atoms. The first-order valence-corrected chi connectivity index (χ1v) is 12.8. The molecule has 0 radical (unpaired) electrons. The van der Waals surface area contributed by atoms with E-state index < -0.39 is 5.79 Å². The lowest BCUT2D eigenvalue weighted by atomic mass is 9.70. The van der Waals surface area contributed by atoms with Crippen LogP contribution < -0.4 is 10.6 Å². The van der Waals surface area contributed by atoms with Gasteiger partial charge in [-0.15, -0.1) is 0 Å². The van der Waals surface area contributed by atoms with E-state index in [0.29, 0.717) is 37.0 Å². The number of hydrogen-bond acceptors (Lipinski definition) is 3. The molecule has 186 valence electrons. The molecule has 1 heterocycles. The normalized spacial score (nSPS) is 22.4. The van der Waals surface area contributed by atoms with Crippen LogP contribution in [-0.2, 0) is 9.47 Å². The highest BCUT2D eigenvalue weighted by atomic mass is 16.7. The Balaban J connectivity index is 1.75. The maximum atomic E-state index is 13.1. The molecule has 0 bridgehead atoms. The van der Waals surface area contributed by atoms with Crippen molar-refractivity contribution in [3.8, 4) is 0 Å². The fourth-order valence-electron chi connectivity index (χ4n) is 5.10. The van der Waals surface area contributed by atoms with Gasteiger partial charge in [-0.1, -0.05) is 73.6 Å². The van der Waals surface area contributed by atoms with Crippen LogP contribution in [-0.4, -0.2) is 31.6 Å². The van der Waals surface area contributed by atoms with E-state index in [1.807, 2.05) is 0 Å². The number of carbonyl (C=O) groups excluding carboxylic acids is 1. The fourth-order valence-corrected chi connectivity index (χ4v) is 5.10. The lowest BCUT2D eigenvalue weighted by Gasteiger charge is -2.50. The third kappa shape index (κ3) is 6.30. The molecule has 1 aromatic rings. The fraction of sp³-hybridized carbons (Fsp3) is 0.750. The van der Waals surface area contributed by atoms with E-state index in [-0.39, 0.29) is 17.4 Å². The average molecular weight is 459 g/mol. The van der Waals surface area contributed by atoms with Gasteiger partial charge >= 0.3 is 6.03 Å². The molecule has 5 heteroatoms. The van der Waals surface area contributed by atoms with Gasteiger partial charge in [-0.25, -0.2) is 4.79 Å². The molecule has 2 aliphatic rings. The Bertz CT molecular complexity index is 782. The molecule has 1 aliphatic carbocycles. The second kappa shape index (κ2) is 9.95. The van der Waals surface area contributed by atoms with Crippen molar-refractivity contribution in [3.63, 3.8) is 0 Å². The minimum Gasteiger partial charge on any atom is -0.347 e. The highest BCUT2D eigenvalue weighted by Gasteiger charge is 2.48. The number of nitrogens with one attached hydrogen (secondary N) is 2. The summed E-state index contributed by atoms with van der Waals surface area (Å²) in [4.78, 5) is 13.1. The Morgan fingerprint density at radius 2 is 1.45 bits per heavy atom. The second-order valence-electron chi connectivity index (χ2n) is 12.4. The molecule has 0 aromatic heterocycles. The van der Waals surface area contributed by atoms with Crippen molar-refractivity contribution in [2.75, 3.05) is 25.1 Å². The summed E-state index contributed by atoms with van der Waals surface area (Å²) in [5.41, 5.74) is 3.60. The van der Waals surface area contributed by atoms with Crippen LogP contribution in [0.4, 0.5) is 10.5 Å². The zero-order valence-electron chi connectivity index (χ0n) is 22.1. The van der Waals surface area contributed by atoms with Gasteiger partial charge in [0.05, 0.1) is 19.8 Å². The Morgan fingerprint density at radius 3 is 1.94 bits per heavy atom. The maximum Gasteiger partial charge on any atom is 0.319 e. The van der Waals surface area contributed by atoms with Crippen LogP contribution in [0, 0.1) is 16.7 Å². The molecular weight excluding hydrogens is 412 g/mol. The molecule has 1 aromatic carbocycles. The van der Waals surface area contributed by atoms with E-state index in [0.717, 1.165) is 42.5 Å². The van der Waals surface area contributed by atoms with Crippen molar-refractivity contribution >= 4 is 11.7 Å². The van der Waals surface area contributed by atoms with Gasteiger partial charge in [0.15, 0.2) is 5.79 Å². The minimum absolute atomic E-state index is 0.0118. The van der Waals surface area contributed by atoms with Crippen LogP contribution in [0.2, 0.25) is 0 Å². The first-order chi connectivity index (χ1) is 15.3. The molecule has 2 fully saturated rings. The van der Waals surface area contributed by atoms with Crippen molar-refractivity contribution in [2.24, 2.45) is 16.7 Å². The molecule has 2 N–H and O–H groups in total. The summed E-state index contributed by atoms with van der Waals surface area (Å²) < 4.78 is 12.9. The number of anilines is 1. The van der Waals surface area contributed by atoms with Crippen LogP contribution in [0.1, 0.15) is 104 Å². The zero-order chi connectivity index (χ0) is 24.4. The lowest BCUT2D eigenvalue weighted by Crippen LogP contribution is -2.59. The molecule has 0 unspecified atom stereocenters. The number of benzene rings is 1. The van der Waals surface area contributed by atoms with Crippen molar-refractivity contribution in [2.45, 2.75) is 98.7 Å². The Labute approximate surface area is 201 Å². The summed E-state index contributed by atoms with van der Waals surface area (Å²) >= 11 is 0. The summed E-state index contributed by atoms with van der Waals surface area (Å²) in [5.74, 6) is 0.185. The van der Waals surface area contributed by atoms with Gasteiger partial charge in [0.2, 0.25) is 0 Å². The summed E-state index contributed by atoms with van der Waals surface area (Å²) in [6.45, 7) is 19.3. The molecular formula is C28H46N2O3. The molecule has 0 spiro atoms. The van der Waals surface area contributed by atoms with Crippen molar-refractivity contribution in [1.29, 1.82) is 0 Å². The topological polar surface area (TPSA) is 59.6 Å². The zero-order valence-corrected chi connectivity index (χ0v) is 22.1. The monoisotopic (exact) mass is 458 g/mol. The van der Waals surface area contributed by atoms with Crippen molar-refractivity contribution < 1.29 is 14.3 Å². The smallest absolute Gasteiger partial charge is 0.319 e. The molecule has 5 nitrogen and oxygen atoms in total. The van der Waals surface area contributed by atoms with E-state index in [1.54, 1.807) is 0 Å². The van der Waals surface area contributed by atoms with E-state index in [4.69, 9.17) is 9.47 Å². The van der Waals surface area contributed by atoms with Gasteiger partial charge in [0.1, 0.15) is 0 Å². The summed E-state index contributed by atoms with van der Waals surface area (Å²) in [6.07, 6.45) is 4.43. The van der Waals surface area contributed by atoms with Crippen LogP contribution in [0.3, 0.4) is 0 Å². The predicted octanol–water partition coefficient (Wildman–Crippen LogP) is 7.04. The second-order valence-corrected chi connectivity index (χ2v) is 12.4. The Hall–Kier alpha value is -1.59. The van der Waals surface area contributed by atoms with Crippen LogP contribution in [0.25, 0.3) is 0 Å². The van der Waals surface area contributed by atoms with Gasteiger partial charge in [-0.2, -0.15) is 0 Å². The van der Waals surface area contributed by atoms with Crippen LogP contribution in [0.15, 0.2) is 18.2 Å². The minimum atomic E-state index is -0.748. The van der Waals surface area contributed by atoms with E-state index in [2.05, 4.69) is 84.2 Å². The quantitative estimate of drug-likeness (QED) is 0.480. The third-order valence-corrected chi connectivity index (χ3v) is 7.48. The summed E-state index contributed by atoms with van der Waals surface area (Å²) in [7, 11) is 0. The first kappa shape index (κ1) is 26.0. The van der Waals surface area contributed by atoms with Crippen LogP contribution in [0.5, 0.6) is 0 Å². The summed E-state index contributed by atoms with van der Waals surface area (Å²) in [6, 6.07) is 6.09. The number of amides is 2. The molecule has 3 rings (SSSR count). The lowest BCUT2D eigenvalue weighted by molar-refractivity contribution is -0.322. The standard InChI is InChI=1S/C28H46N2O3/c1-19(2)22-10-9-11-23(20(3)4)24(22)30-25(31)29-16-28(32-17-27(7,8)18-33-28)21-12-14-26(5,6)15-13-21/h9-11,19-21H,12-18H2,1-8H3,(H2,29,30,31). The highest BCUT2D eigenvalue weighted by Crippen LogP contribution is 2.45. The number of ether oxygens (including phenoxy) is 2. The molecule has 1 saturated carbocycles. The Morgan fingerprint density at radius 1 is 0.939 bits per heavy atom. The van der Waals surface area contributed by atoms with Gasteiger partial charge in [-0.3, -0.25) is 0 Å². The van der Waals surface area contributed by atoms with E-state index >= 15 is 0 Å². The maximum absolute atomic E-state index is 13.1. The number of carbonyl (C=O) groups is 1. The molecule has 2 amide bonds. The number of hydrogen-bond donors (Lipinski definition) is 2. The largest absolute Gasteiger partial charge is 0.347 e. The summed E-state index contributed by atoms with van der Waals surface area (Å²) in [5, 5.41) is 6.29. The van der Waals surface area contributed by atoms with Gasteiger partial charge in [-0.05, 0) is 54.1 Å². The van der Waals surface area contributed by atoms with Gasteiger partial charge in [0, 0.05) is 17.0 Å². The molecule has 1 saturated heterocycles. The predicted molar refractivity (Wildman–Crippen MR) is 136 cm³/mol. The highest BCUT2D eigenvalue weighted by molar-refractivity contribution is 5.91. The average Bonchev–Trinajstić information content (AvgIpc) is 2.73. The SMILES string of the molecule is CC(C)c1cccc(C(C)C)c1NC(=O)NCC1(C2CCC(C)(C)CC2)OCC(C)(C)CO1. The van der Waals surface area contributed by atoms with Crippen molar-refractivity contribution in [1.82, 2.24) is 5.32 Å². The number of urea groups is 1. The van der Waals surface area contributed by atoms with Crippen molar-refractivity contribution in [3.05, 3.63) is 29.3 Å². The van der Waals surface area contributed by atoms with Gasteiger partial charge in [0.25, 0.3) is 0 Å². The number of rotatable bonds is 6. The Kier molecular flexibility index (Phi) is 7.85. The van der Waals surface area contributed by atoms with E-state index in [1.165, 1.54) is 0 Å². The molecule has 1 aliphatic heterocycles. The molecule has 0 atom stereocenters. The van der Waals surface area contributed by atoms with E-state index in [9.17, 15) is 4.79 Å². The van der Waals surface area contributed by atoms with Crippen LogP contribution >= 0.6 is 0 Å². The third-order valence-electron chi connectivity index (χ3n) is 7.48. The van der Waals surface area contributed by atoms with Gasteiger partial charge < -0.3 is 20.1 Å². The number of para-hydroxylation sites is 1.